The second kappa shape index (κ2) is 6.70. The van der Waals surface area contributed by atoms with E-state index in [4.69, 9.17) is 17.0 Å². The summed E-state index contributed by atoms with van der Waals surface area (Å²) in [7, 11) is 1.55. The number of hydrogen-bond donors (Lipinski definition) is 1. The number of thiocarbonyl (C=S) groups is 1. The van der Waals surface area contributed by atoms with Gasteiger partial charge in [0.25, 0.3) is 11.8 Å². The minimum Gasteiger partial charge on any atom is -0.378 e. The molecule has 3 rings (SSSR count). The third kappa shape index (κ3) is 3.18. The number of morpholine rings is 1. The zero-order valence-electron chi connectivity index (χ0n) is 13.7. The molecule has 126 valence electrons. The average molecular weight is 345 g/mol. The van der Waals surface area contributed by atoms with Crippen LogP contribution in [0.15, 0.2) is 23.8 Å². The van der Waals surface area contributed by atoms with Crippen LogP contribution in [0.5, 0.6) is 0 Å². The van der Waals surface area contributed by atoms with Gasteiger partial charge in [-0.1, -0.05) is 6.07 Å². The molecule has 0 radical (unpaired) electrons. The Bertz CT molecular complexity index is 739. The smallest absolute Gasteiger partial charge is 0.265 e. The maximum absolute atomic E-state index is 12.3. The van der Waals surface area contributed by atoms with Gasteiger partial charge in [0, 0.05) is 25.8 Å². The van der Waals surface area contributed by atoms with E-state index in [1.54, 1.807) is 13.1 Å². The zero-order chi connectivity index (χ0) is 17.3. The number of hydrogen-bond acceptors (Lipinski definition) is 5. The molecule has 0 saturated carbocycles. The molecule has 24 heavy (non-hydrogen) atoms. The summed E-state index contributed by atoms with van der Waals surface area (Å²) >= 11 is 4.95. The molecule has 6 nitrogen and oxygen atoms in total. The van der Waals surface area contributed by atoms with E-state index in [0.717, 1.165) is 43.1 Å². The average Bonchev–Trinajstić information content (AvgIpc) is 2.58. The Morgan fingerprint density at radius 1 is 1.25 bits per heavy atom. The Labute approximate surface area is 146 Å². The third-order valence-corrected chi connectivity index (χ3v) is 4.61. The first-order valence-corrected chi connectivity index (χ1v) is 8.16. The molecular weight excluding hydrogens is 326 g/mol. The Balaban J connectivity index is 1.88. The van der Waals surface area contributed by atoms with E-state index in [0.29, 0.717) is 0 Å². The van der Waals surface area contributed by atoms with Crippen molar-refractivity contribution in [3.63, 3.8) is 0 Å². The zero-order valence-corrected chi connectivity index (χ0v) is 14.5. The van der Waals surface area contributed by atoms with Gasteiger partial charge in [0.2, 0.25) is 0 Å². The summed E-state index contributed by atoms with van der Waals surface area (Å²) < 4.78 is 5.37. The van der Waals surface area contributed by atoms with Gasteiger partial charge in [0.1, 0.15) is 5.57 Å². The highest BCUT2D eigenvalue weighted by molar-refractivity contribution is 7.80. The molecule has 7 heteroatoms. The highest BCUT2D eigenvalue weighted by Gasteiger charge is 2.30. The number of aryl methyl sites for hydroxylation is 1. The topological polar surface area (TPSA) is 61.9 Å². The first kappa shape index (κ1) is 16.6. The molecule has 2 fully saturated rings. The summed E-state index contributed by atoms with van der Waals surface area (Å²) in [5.41, 5.74) is 3.05. The van der Waals surface area contributed by atoms with Crippen LogP contribution >= 0.6 is 12.2 Å². The molecular formula is C17H19N3O3S. The maximum atomic E-state index is 12.3. The summed E-state index contributed by atoms with van der Waals surface area (Å²) in [6, 6.07) is 6.00. The maximum Gasteiger partial charge on any atom is 0.265 e. The van der Waals surface area contributed by atoms with Crippen molar-refractivity contribution in [3.8, 4) is 0 Å². The van der Waals surface area contributed by atoms with Crippen molar-refractivity contribution in [1.29, 1.82) is 0 Å². The van der Waals surface area contributed by atoms with Crippen LogP contribution in [0.1, 0.15) is 11.1 Å². The van der Waals surface area contributed by atoms with Crippen LogP contribution in [0.3, 0.4) is 0 Å². The van der Waals surface area contributed by atoms with Gasteiger partial charge >= 0.3 is 0 Å². The lowest BCUT2D eigenvalue weighted by Crippen LogP contribution is -2.52. The van der Waals surface area contributed by atoms with E-state index < -0.39 is 5.91 Å². The largest absolute Gasteiger partial charge is 0.378 e. The summed E-state index contributed by atoms with van der Waals surface area (Å²) in [6.45, 7) is 5.15. The van der Waals surface area contributed by atoms with E-state index in [2.05, 4.69) is 16.3 Å². The van der Waals surface area contributed by atoms with E-state index >= 15 is 0 Å². The highest BCUT2D eigenvalue weighted by Crippen LogP contribution is 2.23. The monoisotopic (exact) mass is 345 g/mol. The van der Waals surface area contributed by atoms with Gasteiger partial charge in [-0.05, 0) is 48.5 Å². The minimum absolute atomic E-state index is 0.0910. The number of ether oxygens (including phenoxy) is 1. The van der Waals surface area contributed by atoms with Crippen molar-refractivity contribution in [3.05, 3.63) is 34.9 Å². The van der Waals surface area contributed by atoms with Crippen LogP contribution in [-0.4, -0.2) is 55.2 Å². The number of anilines is 1. The summed E-state index contributed by atoms with van der Waals surface area (Å²) in [4.78, 5) is 27.8. The van der Waals surface area contributed by atoms with E-state index in [9.17, 15) is 9.59 Å². The Hall–Kier alpha value is -2.25. The standard InChI is InChI=1S/C17H19N3O3S/c1-11-9-13(20-5-7-23-8-6-20)4-3-12(11)10-14-15(21)18-17(24)19(2)16(14)22/h3-4,9-10H,5-8H2,1-2H3,(H,18,21,24). The van der Waals surface area contributed by atoms with Crippen LogP contribution in [0, 0.1) is 6.92 Å². The first-order valence-electron chi connectivity index (χ1n) is 7.76. The molecule has 0 atom stereocenters. The SMILES string of the molecule is Cc1cc(N2CCOCC2)ccc1C=C1C(=O)NC(=S)N(C)C1=O. The summed E-state index contributed by atoms with van der Waals surface area (Å²) in [5.74, 6) is -0.847. The second-order valence-corrected chi connectivity index (χ2v) is 6.21. The van der Waals surface area contributed by atoms with Gasteiger partial charge in [-0.15, -0.1) is 0 Å². The lowest BCUT2D eigenvalue weighted by Gasteiger charge is -2.29. The molecule has 2 aliphatic rings. The quantitative estimate of drug-likeness (QED) is 0.494. The Kier molecular flexibility index (Phi) is 4.64. The summed E-state index contributed by atoms with van der Waals surface area (Å²) in [6.07, 6.45) is 1.62. The highest BCUT2D eigenvalue weighted by atomic mass is 32.1. The van der Waals surface area contributed by atoms with Crippen molar-refractivity contribution in [2.45, 2.75) is 6.92 Å². The number of carbonyl (C=O) groups excluding carboxylic acids is 2. The van der Waals surface area contributed by atoms with Crippen LogP contribution < -0.4 is 10.2 Å². The van der Waals surface area contributed by atoms with Gasteiger partial charge < -0.3 is 9.64 Å². The van der Waals surface area contributed by atoms with Gasteiger partial charge in [0.15, 0.2) is 5.11 Å². The van der Waals surface area contributed by atoms with E-state index in [-0.39, 0.29) is 16.6 Å². The van der Waals surface area contributed by atoms with Crippen molar-refractivity contribution < 1.29 is 14.3 Å². The molecule has 0 bridgehead atoms. The predicted octanol–water partition coefficient (Wildman–Crippen LogP) is 1.09. The number of rotatable bonds is 2. The molecule has 0 unspecified atom stereocenters. The molecule has 0 spiro atoms. The van der Waals surface area contributed by atoms with Gasteiger partial charge in [-0.25, -0.2) is 0 Å². The Morgan fingerprint density at radius 2 is 1.96 bits per heavy atom. The summed E-state index contributed by atoms with van der Waals surface area (Å²) in [5, 5.41) is 2.65. The van der Waals surface area contributed by atoms with Crippen LogP contribution in [-0.2, 0) is 14.3 Å². The number of carbonyl (C=O) groups is 2. The van der Waals surface area contributed by atoms with Crippen LogP contribution in [0.4, 0.5) is 5.69 Å². The van der Waals surface area contributed by atoms with Gasteiger partial charge in [0.05, 0.1) is 13.2 Å². The Morgan fingerprint density at radius 3 is 2.62 bits per heavy atom. The number of likely N-dealkylation sites (N-methyl/N-ethyl adjacent to an activating group) is 1. The first-order chi connectivity index (χ1) is 11.5. The van der Waals surface area contributed by atoms with Crippen LogP contribution in [0.2, 0.25) is 0 Å². The number of amides is 2. The lowest BCUT2D eigenvalue weighted by molar-refractivity contribution is -0.128. The van der Waals surface area contributed by atoms with Gasteiger partial charge in [-0.3, -0.25) is 19.8 Å². The predicted molar refractivity (Wildman–Crippen MR) is 95.7 cm³/mol. The molecule has 1 aromatic carbocycles. The fourth-order valence-electron chi connectivity index (χ4n) is 2.74. The van der Waals surface area contributed by atoms with Crippen molar-refractivity contribution in [2.24, 2.45) is 0 Å². The number of benzene rings is 1. The number of nitrogens with zero attached hydrogens (tertiary/aromatic N) is 2. The van der Waals surface area contributed by atoms with Crippen molar-refractivity contribution in [2.75, 3.05) is 38.3 Å². The molecule has 0 aromatic heterocycles. The fraction of sp³-hybridized carbons (Fsp3) is 0.353. The second-order valence-electron chi connectivity index (χ2n) is 5.82. The third-order valence-electron chi connectivity index (χ3n) is 4.23. The minimum atomic E-state index is -0.459. The van der Waals surface area contributed by atoms with Gasteiger partial charge in [-0.2, -0.15) is 0 Å². The van der Waals surface area contributed by atoms with E-state index in [1.165, 1.54) is 4.90 Å². The van der Waals surface area contributed by atoms with Crippen molar-refractivity contribution >= 4 is 40.9 Å². The lowest BCUT2D eigenvalue weighted by atomic mass is 10.0. The molecule has 2 saturated heterocycles. The van der Waals surface area contributed by atoms with E-state index in [1.807, 2.05) is 19.1 Å². The fourth-order valence-corrected chi connectivity index (χ4v) is 2.92. The molecule has 1 aromatic rings. The molecule has 2 aliphatic heterocycles. The normalized spacial score (nSPS) is 20.6. The molecule has 2 heterocycles. The molecule has 0 aliphatic carbocycles. The molecule has 1 N–H and O–H groups in total. The molecule has 2 amide bonds. The van der Waals surface area contributed by atoms with Crippen molar-refractivity contribution in [1.82, 2.24) is 10.2 Å². The number of nitrogens with one attached hydrogen (secondary N) is 1. The van der Waals surface area contributed by atoms with Crippen LogP contribution in [0.25, 0.3) is 6.08 Å².